The number of anilines is 1. The zero-order chi connectivity index (χ0) is 18.9. The van der Waals surface area contributed by atoms with Crippen molar-refractivity contribution in [3.05, 3.63) is 54.6 Å². The predicted octanol–water partition coefficient (Wildman–Crippen LogP) is 3.81. The van der Waals surface area contributed by atoms with E-state index in [-0.39, 0.29) is 16.6 Å². The van der Waals surface area contributed by atoms with Crippen molar-refractivity contribution in [1.29, 1.82) is 0 Å². The van der Waals surface area contributed by atoms with E-state index in [0.717, 1.165) is 31.4 Å². The highest BCUT2D eigenvalue weighted by Crippen LogP contribution is 2.55. The van der Waals surface area contributed by atoms with Gasteiger partial charge in [0.2, 0.25) is 0 Å². The molecule has 27 heavy (non-hydrogen) atoms. The largest absolute Gasteiger partial charge is 0.611 e. The lowest BCUT2D eigenvalue weighted by atomic mass is 9.91. The molecule has 2 aliphatic rings. The lowest BCUT2D eigenvalue weighted by Gasteiger charge is -2.36. The van der Waals surface area contributed by atoms with Gasteiger partial charge in [0.15, 0.2) is 4.90 Å². The van der Waals surface area contributed by atoms with Gasteiger partial charge in [-0.25, -0.2) is 9.18 Å². The number of benzene rings is 1. The summed E-state index contributed by atoms with van der Waals surface area (Å²) in [6.45, 7) is 1.29. The van der Waals surface area contributed by atoms with Gasteiger partial charge in [-0.1, -0.05) is 6.07 Å². The number of hydrogen-bond acceptors (Lipinski definition) is 3. The molecule has 1 saturated heterocycles. The summed E-state index contributed by atoms with van der Waals surface area (Å²) in [6.07, 6.45) is 6.74. The van der Waals surface area contributed by atoms with E-state index in [1.54, 1.807) is 41.6 Å². The fourth-order valence-electron chi connectivity index (χ4n) is 3.93. The molecule has 0 bridgehead atoms. The highest BCUT2D eigenvalue weighted by Gasteiger charge is 2.60. The van der Waals surface area contributed by atoms with Gasteiger partial charge in [-0.15, -0.1) is 0 Å². The number of amides is 2. The van der Waals surface area contributed by atoms with E-state index < -0.39 is 11.2 Å². The van der Waals surface area contributed by atoms with Crippen molar-refractivity contribution in [3.8, 4) is 0 Å². The van der Waals surface area contributed by atoms with Crippen LogP contribution in [0.5, 0.6) is 0 Å². The molecule has 1 atom stereocenters. The van der Waals surface area contributed by atoms with Crippen molar-refractivity contribution in [2.45, 2.75) is 35.3 Å². The first-order valence-corrected chi connectivity index (χ1v) is 10.4. The Balaban J connectivity index is 1.37. The molecular formula is C20H22FN3O2S. The van der Waals surface area contributed by atoms with Crippen LogP contribution in [0.4, 0.5) is 14.9 Å². The topological polar surface area (TPSA) is 68.3 Å². The van der Waals surface area contributed by atoms with E-state index in [1.807, 2.05) is 0 Å². The molecule has 1 saturated carbocycles. The fraction of sp³-hybridized carbons (Fsp3) is 0.400. The van der Waals surface area contributed by atoms with E-state index in [2.05, 4.69) is 10.3 Å². The summed E-state index contributed by atoms with van der Waals surface area (Å²) in [5, 5.41) is 2.88. The van der Waals surface area contributed by atoms with E-state index in [0.29, 0.717) is 23.9 Å². The molecule has 142 valence electrons. The second kappa shape index (κ2) is 7.48. The number of halogens is 1. The molecule has 2 amide bonds. The highest BCUT2D eigenvalue weighted by molar-refractivity contribution is 7.93. The molecule has 2 aromatic rings. The number of urea groups is 1. The van der Waals surface area contributed by atoms with Gasteiger partial charge in [0.25, 0.3) is 0 Å². The summed E-state index contributed by atoms with van der Waals surface area (Å²) in [5.41, 5.74) is 0.725. The van der Waals surface area contributed by atoms with Crippen LogP contribution in [-0.2, 0) is 11.2 Å². The molecule has 1 aromatic carbocycles. The number of nitrogens with zero attached hydrogens (tertiary/aromatic N) is 2. The van der Waals surface area contributed by atoms with Crippen LogP contribution < -0.4 is 5.32 Å². The summed E-state index contributed by atoms with van der Waals surface area (Å²) in [6, 6.07) is 9.52. The summed E-state index contributed by atoms with van der Waals surface area (Å²) >= 11 is -1.21. The van der Waals surface area contributed by atoms with Gasteiger partial charge in [0.05, 0.1) is 0 Å². The molecule has 1 aliphatic heterocycles. The number of carbonyl (C=O) groups is 1. The predicted molar refractivity (Wildman–Crippen MR) is 102 cm³/mol. The standard InChI is InChI=1S/C20H22FN3O2S/c21-16-2-1-3-18(14-16)27(26)20(8-9-20)15-6-12-24(13-7-15)19(25)23-17-4-10-22-11-5-17/h1-5,10-11,14-15H,6-9,12-13H2,(H,22,23,25). The first-order valence-electron chi connectivity index (χ1n) is 9.22. The summed E-state index contributed by atoms with van der Waals surface area (Å²) < 4.78 is 26.3. The van der Waals surface area contributed by atoms with Gasteiger partial charge >= 0.3 is 6.03 Å². The Morgan fingerprint density at radius 1 is 1.22 bits per heavy atom. The molecule has 2 fully saturated rings. The third-order valence-corrected chi connectivity index (χ3v) is 7.74. The van der Waals surface area contributed by atoms with Crippen LogP contribution in [0.2, 0.25) is 0 Å². The van der Waals surface area contributed by atoms with Crippen LogP contribution in [0.3, 0.4) is 0 Å². The normalized spacial score (nSPS) is 20.1. The smallest absolute Gasteiger partial charge is 0.321 e. The molecule has 2 heterocycles. The summed E-state index contributed by atoms with van der Waals surface area (Å²) in [7, 11) is 0. The minimum absolute atomic E-state index is 0.115. The zero-order valence-electron chi connectivity index (χ0n) is 14.9. The van der Waals surface area contributed by atoms with Crippen molar-refractivity contribution in [1.82, 2.24) is 9.88 Å². The van der Waals surface area contributed by atoms with Crippen molar-refractivity contribution in [3.63, 3.8) is 0 Å². The Bertz CT molecular complexity index is 808. The number of piperidine rings is 1. The van der Waals surface area contributed by atoms with E-state index in [4.69, 9.17) is 0 Å². The van der Waals surface area contributed by atoms with E-state index >= 15 is 0 Å². The van der Waals surface area contributed by atoms with Gasteiger partial charge < -0.3 is 14.8 Å². The number of aromatic nitrogens is 1. The number of carbonyl (C=O) groups excluding carboxylic acids is 1. The lowest BCUT2D eigenvalue weighted by molar-refractivity contribution is 0.178. The Labute approximate surface area is 161 Å². The minimum atomic E-state index is -1.21. The average molecular weight is 387 g/mol. The lowest BCUT2D eigenvalue weighted by Crippen LogP contribution is -2.45. The molecule has 7 heteroatoms. The maximum absolute atomic E-state index is 13.5. The van der Waals surface area contributed by atoms with Gasteiger partial charge in [-0.2, -0.15) is 0 Å². The SMILES string of the molecule is O=C(Nc1ccncc1)N1CCC(C2([S+]([O-])c3cccc(F)c3)CC2)CC1. The van der Waals surface area contributed by atoms with Gasteiger partial charge in [0.1, 0.15) is 10.6 Å². The molecule has 0 radical (unpaired) electrons. The Kier molecular flexibility index (Phi) is 5.06. The van der Waals surface area contributed by atoms with Crippen molar-refractivity contribution < 1.29 is 13.7 Å². The Morgan fingerprint density at radius 3 is 2.56 bits per heavy atom. The highest BCUT2D eigenvalue weighted by atomic mass is 32.2. The maximum atomic E-state index is 13.5. The number of nitrogens with one attached hydrogen (secondary N) is 1. The van der Waals surface area contributed by atoms with Crippen molar-refractivity contribution >= 4 is 22.9 Å². The van der Waals surface area contributed by atoms with Crippen LogP contribution in [0, 0.1) is 11.7 Å². The van der Waals surface area contributed by atoms with Crippen molar-refractivity contribution in [2.24, 2.45) is 5.92 Å². The zero-order valence-corrected chi connectivity index (χ0v) is 15.8. The first kappa shape index (κ1) is 18.3. The van der Waals surface area contributed by atoms with Crippen LogP contribution in [0.25, 0.3) is 0 Å². The number of pyridine rings is 1. The molecule has 1 unspecified atom stereocenters. The van der Waals surface area contributed by atoms with Gasteiger partial charge in [0, 0.05) is 56.0 Å². The number of likely N-dealkylation sites (tertiary alicyclic amines) is 1. The van der Waals surface area contributed by atoms with Crippen LogP contribution in [0.15, 0.2) is 53.7 Å². The molecule has 1 N–H and O–H groups in total. The number of rotatable bonds is 4. The van der Waals surface area contributed by atoms with E-state index in [1.165, 1.54) is 12.1 Å². The third-order valence-electron chi connectivity index (χ3n) is 5.58. The quantitative estimate of drug-likeness (QED) is 0.811. The fourth-order valence-corrected chi connectivity index (χ4v) is 5.83. The Morgan fingerprint density at radius 2 is 1.93 bits per heavy atom. The minimum Gasteiger partial charge on any atom is -0.611 e. The summed E-state index contributed by atoms with van der Waals surface area (Å²) in [5.74, 6) is -0.0502. The van der Waals surface area contributed by atoms with Gasteiger partial charge in [-0.05, 0) is 48.3 Å². The average Bonchev–Trinajstić information content (AvgIpc) is 3.50. The molecule has 1 aromatic heterocycles. The third kappa shape index (κ3) is 3.80. The van der Waals surface area contributed by atoms with Crippen LogP contribution in [0.1, 0.15) is 25.7 Å². The first-order chi connectivity index (χ1) is 13.1. The molecule has 1 aliphatic carbocycles. The van der Waals surface area contributed by atoms with Crippen molar-refractivity contribution in [2.75, 3.05) is 18.4 Å². The van der Waals surface area contributed by atoms with Crippen LogP contribution >= 0.6 is 0 Å². The number of hydrogen-bond donors (Lipinski definition) is 1. The Hall–Kier alpha value is -2.12. The molecular weight excluding hydrogens is 365 g/mol. The second-order valence-electron chi connectivity index (χ2n) is 7.22. The summed E-state index contributed by atoms with van der Waals surface area (Å²) in [4.78, 5) is 18.7. The monoisotopic (exact) mass is 387 g/mol. The van der Waals surface area contributed by atoms with Crippen LogP contribution in [-0.4, -0.2) is 38.3 Å². The maximum Gasteiger partial charge on any atom is 0.321 e. The van der Waals surface area contributed by atoms with Gasteiger partial charge in [-0.3, -0.25) is 4.98 Å². The molecule has 5 nitrogen and oxygen atoms in total. The second-order valence-corrected chi connectivity index (χ2v) is 9.04. The molecule has 4 rings (SSSR count). The van der Waals surface area contributed by atoms with E-state index in [9.17, 15) is 13.7 Å². The molecule has 0 spiro atoms.